The summed E-state index contributed by atoms with van der Waals surface area (Å²) in [6.07, 6.45) is 0.911. The van der Waals surface area contributed by atoms with E-state index in [0.717, 1.165) is 11.1 Å². The fraction of sp³-hybridized carbons (Fsp3) is 0.667. The molecule has 0 aromatic rings. The summed E-state index contributed by atoms with van der Waals surface area (Å²) in [6.45, 7) is 6.17. The molecule has 16 heavy (non-hydrogen) atoms. The van der Waals surface area contributed by atoms with Gasteiger partial charge in [0.15, 0.2) is 0 Å². The van der Waals surface area contributed by atoms with Crippen molar-refractivity contribution in [2.75, 3.05) is 6.54 Å². The number of carbonyl (C=O) groups excluding carboxylic acids is 2. The summed E-state index contributed by atoms with van der Waals surface area (Å²) in [5.41, 5.74) is 1.55. The van der Waals surface area contributed by atoms with Crippen LogP contribution in [0, 0.1) is 0 Å². The molecule has 88 valence electrons. The van der Waals surface area contributed by atoms with Gasteiger partial charge in [-0.3, -0.25) is 10.1 Å². The highest BCUT2D eigenvalue weighted by Gasteiger charge is 2.38. The van der Waals surface area contributed by atoms with Gasteiger partial charge in [0.1, 0.15) is 17.4 Å². The molecule has 2 aliphatic rings. The zero-order chi connectivity index (χ0) is 11.9. The van der Waals surface area contributed by atoms with Crippen LogP contribution in [0.3, 0.4) is 0 Å². The van der Waals surface area contributed by atoms with E-state index in [2.05, 4.69) is 5.32 Å². The van der Waals surface area contributed by atoms with Crippen molar-refractivity contribution < 1.29 is 14.3 Å². The Kier molecular flexibility index (Phi) is 2.62. The monoisotopic (exact) mass is 223 g/mol. The fourth-order valence-corrected chi connectivity index (χ4v) is 2.17. The van der Waals surface area contributed by atoms with Crippen LogP contribution in [-0.2, 0) is 14.3 Å². The van der Waals surface area contributed by atoms with Gasteiger partial charge in [0.2, 0.25) is 0 Å². The van der Waals surface area contributed by atoms with Crippen molar-refractivity contribution in [1.29, 1.82) is 0 Å². The number of hydrogen-bond acceptors (Lipinski definition) is 4. The maximum Gasteiger partial charge on any atom is 0.327 e. The molecule has 0 saturated heterocycles. The summed E-state index contributed by atoms with van der Waals surface area (Å²) in [4.78, 5) is 23.2. The molecule has 1 heterocycles. The van der Waals surface area contributed by atoms with E-state index in [0.29, 0.717) is 19.4 Å². The van der Waals surface area contributed by atoms with E-state index in [4.69, 9.17) is 4.74 Å². The van der Waals surface area contributed by atoms with Gasteiger partial charge in [-0.25, -0.2) is 4.79 Å². The van der Waals surface area contributed by atoms with Crippen LogP contribution in [-0.4, -0.2) is 29.9 Å². The maximum atomic E-state index is 11.9. The molecule has 1 unspecified atom stereocenters. The highest BCUT2D eigenvalue weighted by molar-refractivity contribution is 5.92. The van der Waals surface area contributed by atoms with E-state index in [1.54, 1.807) is 0 Å². The van der Waals surface area contributed by atoms with Crippen molar-refractivity contribution in [2.24, 2.45) is 0 Å². The second-order valence-electron chi connectivity index (χ2n) is 5.37. The molecule has 0 saturated carbocycles. The molecule has 4 heteroatoms. The lowest BCUT2D eigenvalue weighted by atomic mass is 10.1. The lowest BCUT2D eigenvalue weighted by molar-refractivity contribution is -0.156. The molecule has 0 aromatic heterocycles. The van der Waals surface area contributed by atoms with Crippen LogP contribution in [0.25, 0.3) is 0 Å². The van der Waals surface area contributed by atoms with E-state index in [1.165, 1.54) is 0 Å². The van der Waals surface area contributed by atoms with Crippen LogP contribution in [0.4, 0.5) is 0 Å². The van der Waals surface area contributed by atoms with E-state index in [1.807, 2.05) is 20.8 Å². The second-order valence-corrected chi connectivity index (χ2v) is 5.37. The van der Waals surface area contributed by atoms with Gasteiger partial charge in [0.25, 0.3) is 0 Å². The summed E-state index contributed by atoms with van der Waals surface area (Å²) in [6, 6.07) is -0.402. The minimum atomic E-state index is -0.481. The first-order valence-corrected chi connectivity index (χ1v) is 5.55. The summed E-state index contributed by atoms with van der Waals surface area (Å²) in [5, 5.41) is 3.10. The van der Waals surface area contributed by atoms with Crippen molar-refractivity contribution >= 4 is 11.8 Å². The molecule has 0 aromatic carbocycles. The number of rotatable bonds is 1. The molecule has 0 amide bonds. The highest BCUT2D eigenvalue weighted by atomic mass is 16.6. The Morgan fingerprint density at radius 1 is 1.38 bits per heavy atom. The Balaban J connectivity index is 2.07. The molecule has 0 fully saturated rings. The first-order chi connectivity index (χ1) is 7.37. The molecule has 1 atom stereocenters. The van der Waals surface area contributed by atoms with E-state index < -0.39 is 11.6 Å². The van der Waals surface area contributed by atoms with Gasteiger partial charge in [-0.05, 0) is 31.9 Å². The average Bonchev–Trinajstić information content (AvgIpc) is 2.58. The topological polar surface area (TPSA) is 55.4 Å². The van der Waals surface area contributed by atoms with Crippen molar-refractivity contribution in [3.05, 3.63) is 11.1 Å². The Morgan fingerprint density at radius 3 is 2.69 bits per heavy atom. The van der Waals surface area contributed by atoms with Gasteiger partial charge >= 0.3 is 5.97 Å². The number of Topliss-reactive ketones (excluding diaryl/α,β-unsaturated/α-hetero) is 1. The average molecular weight is 223 g/mol. The number of hydrogen-bond donors (Lipinski definition) is 1. The van der Waals surface area contributed by atoms with Crippen LogP contribution < -0.4 is 5.32 Å². The first-order valence-electron chi connectivity index (χ1n) is 5.55. The minimum absolute atomic E-state index is 0.208. The van der Waals surface area contributed by atoms with Crippen LogP contribution in [0.2, 0.25) is 0 Å². The molecule has 0 radical (unpaired) electrons. The first kappa shape index (κ1) is 11.3. The van der Waals surface area contributed by atoms with E-state index in [9.17, 15) is 9.59 Å². The zero-order valence-corrected chi connectivity index (χ0v) is 9.92. The Labute approximate surface area is 95.0 Å². The SMILES string of the molecule is CC(C)(C)OC(=O)C1NCC2=C1CC(=O)C2. The van der Waals surface area contributed by atoms with Crippen molar-refractivity contribution in [3.8, 4) is 0 Å². The van der Waals surface area contributed by atoms with E-state index in [-0.39, 0.29) is 11.8 Å². The third-order valence-electron chi connectivity index (χ3n) is 2.76. The lowest BCUT2D eigenvalue weighted by Crippen LogP contribution is -2.39. The quantitative estimate of drug-likeness (QED) is 0.531. The Morgan fingerprint density at radius 2 is 2.06 bits per heavy atom. The Bertz CT molecular complexity index is 376. The van der Waals surface area contributed by atoms with Crippen LogP contribution in [0.5, 0.6) is 0 Å². The number of ether oxygens (including phenoxy) is 1. The molecule has 1 aliphatic heterocycles. The second kappa shape index (κ2) is 3.70. The molecular formula is C12H17NO3. The molecule has 0 spiro atoms. The number of ketones is 1. The normalized spacial score (nSPS) is 24.9. The van der Waals surface area contributed by atoms with Gasteiger partial charge in [0.05, 0.1) is 0 Å². The summed E-state index contributed by atoms with van der Waals surface area (Å²) < 4.78 is 5.32. The van der Waals surface area contributed by atoms with Crippen LogP contribution >= 0.6 is 0 Å². The van der Waals surface area contributed by atoms with Crippen molar-refractivity contribution in [2.45, 2.75) is 45.3 Å². The smallest absolute Gasteiger partial charge is 0.327 e. The molecule has 0 bridgehead atoms. The van der Waals surface area contributed by atoms with Gasteiger partial charge in [-0.15, -0.1) is 0 Å². The number of esters is 1. The maximum absolute atomic E-state index is 11.9. The highest BCUT2D eigenvalue weighted by Crippen LogP contribution is 2.31. The minimum Gasteiger partial charge on any atom is -0.459 e. The van der Waals surface area contributed by atoms with E-state index >= 15 is 0 Å². The fourth-order valence-electron chi connectivity index (χ4n) is 2.17. The lowest BCUT2D eigenvalue weighted by Gasteiger charge is -2.23. The largest absolute Gasteiger partial charge is 0.459 e. The summed E-state index contributed by atoms with van der Waals surface area (Å²) >= 11 is 0. The number of nitrogens with one attached hydrogen (secondary N) is 1. The molecule has 1 N–H and O–H groups in total. The van der Waals surface area contributed by atoms with Crippen molar-refractivity contribution in [1.82, 2.24) is 5.32 Å². The molecular weight excluding hydrogens is 206 g/mol. The van der Waals surface area contributed by atoms with Gasteiger partial charge < -0.3 is 4.74 Å². The van der Waals surface area contributed by atoms with Gasteiger partial charge in [0, 0.05) is 19.4 Å². The summed E-state index contributed by atoms with van der Waals surface area (Å²) in [5.74, 6) is -0.0627. The molecule has 2 rings (SSSR count). The predicted molar refractivity (Wildman–Crippen MR) is 58.9 cm³/mol. The Hall–Kier alpha value is -1.16. The standard InChI is InChI=1S/C12H17NO3/c1-12(2,3)16-11(15)10-9-5-8(14)4-7(9)6-13-10/h10,13H,4-6H2,1-3H3. The zero-order valence-electron chi connectivity index (χ0n) is 9.92. The van der Waals surface area contributed by atoms with Gasteiger partial charge in [-0.1, -0.05) is 0 Å². The van der Waals surface area contributed by atoms with Gasteiger partial charge in [-0.2, -0.15) is 0 Å². The third-order valence-corrected chi connectivity index (χ3v) is 2.76. The van der Waals surface area contributed by atoms with Crippen LogP contribution in [0.15, 0.2) is 11.1 Å². The molecule has 1 aliphatic carbocycles. The number of carbonyl (C=O) groups is 2. The van der Waals surface area contributed by atoms with Crippen LogP contribution in [0.1, 0.15) is 33.6 Å². The third kappa shape index (κ3) is 2.16. The molecule has 4 nitrogen and oxygen atoms in total. The summed E-state index contributed by atoms with van der Waals surface area (Å²) in [7, 11) is 0. The predicted octanol–water partition coefficient (Wildman–Crippen LogP) is 0.959. The van der Waals surface area contributed by atoms with Crippen molar-refractivity contribution in [3.63, 3.8) is 0 Å².